The number of nitro benzene ring substituents is 1. The number of halogens is 2. The summed E-state index contributed by atoms with van der Waals surface area (Å²) in [5, 5.41) is 10.6. The van der Waals surface area contributed by atoms with Crippen LogP contribution in [0.1, 0.15) is 11.1 Å². The molecule has 0 saturated carbocycles. The van der Waals surface area contributed by atoms with Gasteiger partial charge in [-0.3, -0.25) is 10.1 Å². The van der Waals surface area contributed by atoms with Crippen LogP contribution in [-0.4, -0.2) is 13.3 Å². The Morgan fingerprint density at radius 1 is 1.38 bits per heavy atom. The summed E-state index contributed by atoms with van der Waals surface area (Å²) in [6.45, 7) is 2.59. The molecule has 0 aliphatic carbocycles. The molecule has 0 radical (unpaired) electrons. The summed E-state index contributed by atoms with van der Waals surface area (Å²) in [6, 6.07) is 0.625. The van der Waals surface area contributed by atoms with Crippen molar-refractivity contribution in [2.24, 2.45) is 0 Å². The number of benzene rings is 1. The second kappa shape index (κ2) is 3.99. The zero-order valence-corrected chi connectivity index (χ0v) is 9.89. The molecule has 0 fully saturated rings. The normalized spacial score (nSPS) is 11.5. The van der Waals surface area contributed by atoms with Gasteiger partial charge in [-0.2, -0.15) is 0 Å². The molecule has 0 bridgehead atoms. The maximum Gasteiger partial charge on any atom is 0.274 e. The van der Waals surface area contributed by atoms with Crippen LogP contribution in [0.25, 0.3) is 0 Å². The number of rotatable bonds is 2. The van der Waals surface area contributed by atoms with Gasteiger partial charge < -0.3 is 0 Å². The Kier molecular flexibility index (Phi) is 3.20. The van der Waals surface area contributed by atoms with Gasteiger partial charge in [0.25, 0.3) is 14.7 Å². The van der Waals surface area contributed by atoms with Gasteiger partial charge in [-0.05, 0) is 19.4 Å². The molecule has 1 rings (SSSR count). The molecule has 1 aromatic rings. The third-order valence-electron chi connectivity index (χ3n) is 2.22. The molecule has 0 aliphatic rings. The second-order valence-electron chi connectivity index (χ2n) is 3.15. The van der Waals surface area contributed by atoms with Gasteiger partial charge in [0.15, 0.2) is 0 Å². The van der Waals surface area contributed by atoms with Crippen molar-refractivity contribution in [3.8, 4) is 0 Å². The van der Waals surface area contributed by atoms with Gasteiger partial charge >= 0.3 is 0 Å². The highest BCUT2D eigenvalue weighted by Gasteiger charge is 2.25. The zero-order chi connectivity index (χ0) is 12.7. The summed E-state index contributed by atoms with van der Waals surface area (Å²) in [5.41, 5.74) is -0.502. The van der Waals surface area contributed by atoms with E-state index in [1.54, 1.807) is 0 Å². The molecule has 0 amide bonds. The van der Waals surface area contributed by atoms with Crippen LogP contribution in [0.4, 0.5) is 10.1 Å². The third kappa shape index (κ3) is 2.14. The predicted molar refractivity (Wildman–Crippen MR) is 55.6 cm³/mol. The van der Waals surface area contributed by atoms with Crippen LogP contribution in [0.2, 0.25) is 0 Å². The standard InChI is InChI=1S/C8H7ClFNO4S/c1-4-5(2)8(10)7(16(9,14)15)3-6(4)11(12)13/h3H,1-2H3. The van der Waals surface area contributed by atoms with Gasteiger partial charge in [-0.15, -0.1) is 0 Å². The highest BCUT2D eigenvalue weighted by molar-refractivity contribution is 8.13. The van der Waals surface area contributed by atoms with E-state index in [0.717, 1.165) is 0 Å². The Morgan fingerprint density at radius 3 is 2.25 bits per heavy atom. The maximum absolute atomic E-state index is 13.5. The van der Waals surface area contributed by atoms with E-state index < -0.39 is 30.4 Å². The van der Waals surface area contributed by atoms with Gasteiger partial charge in [0.05, 0.1) is 4.92 Å². The van der Waals surface area contributed by atoms with Crippen LogP contribution in [0.3, 0.4) is 0 Å². The molecular weight excluding hydrogens is 261 g/mol. The van der Waals surface area contributed by atoms with E-state index in [1.165, 1.54) is 13.8 Å². The van der Waals surface area contributed by atoms with Crippen molar-refractivity contribution in [2.75, 3.05) is 0 Å². The first kappa shape index (κ1) is 12.9. The van der Waals surface area contributed by atoms with Gasteiger partial charge in [-0.25, -0.2) is 12.8 Å². The first-order valence-corrected chi connectivity index (χ1v) is 6.36. The molecule has 0 unspecified atom stereocenters. The lowest BCUT2D eigenvalue weighted by atomic mass is 10.1. The number of hydrogen-bond donors (Lipinski definition) is 0. The molecule has 0 spiro atoms. The van der Waals surface area contributed by atoms with Crippen LogP contribution >= 0.6 is 10.7 Å². The minimum atomic E-state index is -4.34. The summed E-state index contributed by atoms with van der Waals surface area (Å²) in [7, 11) is 0.638. The van der Waals surface area contributed by atoms with Crippen molar-refractivity contribution in [2.45, 2.75) is 18.7 Å². The van der Waals surface area contributed by atoms with E-state index in [1.807, 2.05) is 0 Å². The molecule has 8 heteroatoms. The molecule has 0 saturated heterocycles. The largest absolute Gasteiger partial charge is 0.274 e. The van der Waals surface area contributed by atoms with E-state index in [0.29, 0.717) is 6.07 Å². The summed E-state index contributed by atoms with van der Waals surface area (Å²) in [6.07, 6.45) is 0. The zero-order valence-electron chi connectivity index (χ0n) is 8.32. The SMILES string of the molecule is Cc1c([N+](=O)[O-])cc(S(=O)(=O)Cl)c(F)c1C. The maximum atomic E-state index is 13.5. The van der Waals surface area contributed by atoms with Crippen molar-refractivity contribution in [3.63, 3.8) is 0 Å². The molecule has 0 atom stereocenters. The lowest BCUT2D eigenvalue weighted by molar-refractivity contribution is -0.385. The Morgan fingerprint density at radius 2 is 1.88 bits per heavy atom. The fourth-order valence-corrected chi connectivity index (χ4v) is 2.16. The fourth-order valence-electron chi connectivity index (χ4n) is 1.20. The summed E-state index contributed by atoms with van der Waals surface area (Å²) in [5.74, 6) is -1.06. The van der Waals surface area contributed by atoms with Gasteiger partial charge in [-0.1, -0.05) is 0 Å². The number of nitro groups is 1. The Labute approximate surface area is 95.4 Å². The van der Waals surface area contributed by atoms with Crippen molar-refractivity contribution in [1.29, 1.82) is 0 Å². The quantitative estimate of drug-likeness (QED) is 0.468. The van der Waals surface area contributed by atoms with Gasteiger partial charge in [0.2, 0.25) is 0 Å². The van der Waals surface area contributed by atoms with Crippen LogP contribution in [-0.2, 0) is 9.05 Å². The highest BCUT2D eigenvalue weighted by atomic mass is 35.7. The first-order valence-electron chi connectivity index (χ1n) is 4.05. The van der Waals surface area contributed by atoms with E-state index in [2.05, 4.69) is 0 Å². The van der Waals surface area contributed by atoms with Crippen molar-refractivity contribution in [3.05, 3.63) is 33.1 Å². The average Bonchev–Trinajstić information content (AvgIpc) is 2.11. The van der Waals surface area contributed by atoms with E-state index in [4.69, 9.17) is 10.7 Å². The predicted octanol–water partition coefficient (Wildman–Crippen LogP) is 2.28. The lowest BCUT2D eigenvalue weighted by Crippen LogP contribution is -2.03. The molecule has 16 heavy (non-hydrogen) atoms. The molecule has 88 valence electrons. The summed E-state index contributed by atoms with van der Waals surface area (Å²) in [4.78, 5) is 8.95. The van der Waals surface area contributed by atoms with Crippen LogP contribution in [0, 0.1) is 29.8 Å². The monoisotopic (exact) mass is 267 g/mol. The van der Waals surface area contributed by atoms with E-state index >= 15 is 0 Å². The topological polar surface area (TPSA) is 77.3 Å². The van der Waals surface area contributed by atoms with E-state index in [9.17, 15) is 22.9 Å². The molecule has 0 aliphatic heterocycles. The molecular formula is C8H7ClFNO4S. The summed E-state index contributed by atoms with van der Waals surface area (Å²) >= 11 is 0. The molecule has 1 aromatic carbocycles. The number of nitrogens with zero attached hydrogens (tertiary/aromatic N) is 1. The number of hydrogen-bond acceptors (Lipinski definition) is 4. The molecule has 5 nitrogen and oxygen atoms in total. The fraction of sp³-hybridized carbons (Fsp3) is 0.250. The lowest BCUT2D eigenvalue weighted by Gasteiger charge is -2.06. The first-order chi connectivity index (χ1) is 7.16. The highest BCUT2D eigenvalue weighted by Crippen LogP contribution is 2.30. The third-order valence-corrected chi connectivity index (χ3v) is 3.54. The van der Waals surface area contributed by atoms with Crippen molar-refractivity contribution in [1.82, 2.24) is 0 Å². The minimum absolute atomic E-state index is 0.0755. The molecule has 0 heterocycles. The van der Waals surface area contributed by atoms with Crippen LogP contribution in [0.15, 0.2) is 11.0 Å². The minimum Gasteiger partial charge on any atom is -0.258 e. The summed E-state index contributed by atoms with van der Waals surface area (Å²) < 4.78 is 35.5. The van der Waals surface area contributed by atoms with Crippen LogP contribution in [0.5, 0.6) is 0 Å². The smallest absolute Gasteiger partial charge is 0.258 e. The van der Waals surface area contributed by atoms with Gasteiger partial charge in [0.1, 0.15) is 10.7 Å². The molecule has 0 aromatic heterocycles. The van der Waals surface area contributed by atoms with Crippen LogP contribution < -0.4 is 0 Å². The average molecular weight is 268 g/mol. The van der Waals surface area contributed by atoms with Gasteiger partial charge in [0, 0.05) is 22.3 Å². The Hall–Kier alpha value is -1.21. The van der Waals surface area contributed by atoms with Crippen molar-refractivity contribution < 1.29 is 17.7 Å². The molecule has 0 N–H and O–H groups in total. The Bertz CT molecular complexity index is 570. The Balaban J connectivity index is 3.74. The second-order valence-corrected chi connectivity index (χ2v) is 5.69. The van der Waals surface area contributed by atoms with Crippen molar-refractivity contribution >= 4 is 25.4 Å². The van der Waals surface area contributed by atoms with E-state index in [-0.39, 0.29) is 11.1 Å².